The molecule has 2 amide bonds. The number of carbonyl (C=O) groups is 1. The third kappa shape index (κ3) is 5.81. The van der Waals surface area contributed by atoms with Gasteiger partial charge in [-0.25, -0.2) is 9.18 Å². The molecule has 0 bridgehead atoms. The fraction of sp³-hybridized carbons (Fsp3) is 0.650. The number of hydrogen-bond acceptors (Lipinski definition) is 4. The Labute approximate surface area is 160 Å². The first kappa shape index (κ1) is 19.9. The number of likely N-dealkylation sites (tertiary alicyclic amines) is 2. The van der Waals surface area contributed by atoms with Crippen LogP contribution in [0.15, 0.2) is 24.3 Å². The topological polar surface area (TPSA) is 54.0 Å². The molecule has 1 unspecified atom stereocenters. The summed E-state index contributed by atoms with van der Waals surface area (Å²) in [6.07, 6.45) is 2.50. The Kier molecular flexibility index (Phi) is 7.29. The highest BCUT2D eigenvalue weighted by Gasteiger charge is 2.26. The normalized spacial score (nSPS) is 21.4. The summed E-state index contributed by atoms with van der Waals surface area (Å²) in [4.78, 5) is 16.6. The Bertz CT molecular complexity index is 608. The number of benzene rings is 1. The summed E-state index contributed by atoms with van der Waals surface area (Å²) in [7, 11) is 1.72. The Morgan fingerprint density at radius 3 is 2.74 bits per heavy atom. The smallest absolute Gasteiger partial charge is 0.317 e. The van der Waals surface area contributed by atoms with Gasteiger partial charge in [0.25, 0.3) is 0 Å². The second kappa shape index (κ2) is 9.90. The highest BCUT2D eigenvalue weighted by Crippen LogP contribution is 2.22. The van der Waals surface area contributed by atoms with Gasteiger partial charge in [-0.1, -0.05) is 12.1 Å². The van der Waals surface area contributed by atoms with Crippen LogP contribution in [0.25, 0.3) is 0 Å². The van der Waals surface area contributed by atoms with Crippen molar-refractivity contribution in [2.24, 2.45) is 5.92 Å². The fourth-order valence-corrected chi connectivity index (χ4v) is 3.74. The first-order valence-corrected chi connectivity index (χ1v) is 9.81. The summed E-state index contributed by atoms with van der Waals surface area (Å²) in [5.74, 6) is 0.459. The zero-order valence-electron chi connectivity index (χ0n) is 16.0. The van der Waals surface area contributed by atoms with E-state index < -0.39 is 0 Å². The van der Waals surface area contributed by atoms with E-state index in [1.807, 2.05) is 4.90 Å². The van der Waals surface area contributed by atoms with Gasteiger partial charge in [-0.2, -0.15) is 0 Å². The van der Waals surface area contributed by atoms with E-state index in [9.17, 15) is 9.18 Å². The predicted octanol–water partition coefficient (Wildman–Crippen LogP) is 2.35. The number of para-hydroxylation sites is 1. The second-order valence-electron chi connectivity index (χ2n) is 7.37. The average Bonchev–Trinajstić information content (AvgIpc) is 3.15. The van der Waals surface area contributed by atoms with Gasteiger partial charge in [-0.05, 0) is 31.0 Å². The van der Waals surface area contributed by atoms with Gasteiger partial charge in [0, 0.05) is 52.7 Å². The number of carbonyl (C=O) groups excluding carboxylic acids is 1. The molecule has 0 aromatic heterocycles. The Morgan fingerprint density at radius 1 is 1.22 bits per heavy atom. The number of ether oxygens (including phenoxy) is 2. The van der Waals surface area contributed by atoms with Crippen LogP contribution in [-0.2, 0) is 4.74 Å². The molecule has 1 aromatic rings. The second-order valence-corrected chi connectivity index (χ2v) is 7.37. The van der Waals surface area contributed by atoms with E-state index in [1.54, 1.807) is 25.3 Å². The van der Waals surface area contributed by atoms with E-state index in [4.69, 9.17) is 9.47 Å². The molecule has 2 heterocycles. The number of halogens is 1. The van der Waals surface area contributed by atoms with Crippen molar-refractivity contribution in [2.75, 3.05) is 53.0 Å². The zero-order valence-corrected chi connectivity index (χ0v) is 16.0. The molecule has 1 atom stereocenters. The summed E-state index contributed by atoms with van der Waals surface area (Å²) in [5.41, 5.74) is 0. The lowest BCUT2D eigenvalue weighted by Crippen LogP contribution is -2.47. The molecule has 0 saturated carbocycles. The monoisotopic (exact) mass is 379 g/mol. The number of rotatable bonds is 7. The van der Waals surface area contributed by atoms with E-state index >= 15 is 0 Å². The molecule has 27 heavy (non-hydrogen) atoms. The SMILES string of the molecule is COCCN1CCC(CNC(=O)N2CCC(Oc3ccccc3F)CC2)C1. The number of methoxy groups -OCH3 is 1. The first-order chi connectivity index (χ1) is 13.2. The van der Waals surface area contributed by atoms with Crippen molar-refractivity contribution in [1.29, 1.82) is 0 Å². The molecule has 2 fully saturated rings. The predicted molar refractivity (Wildman–Crippen MR) is 101 cm³/mol. The molecule has 0 radical (unpaired) electrons. The van der Waals surface area contributed by atoms with Gasteiger partial charge >= 0.3 is 6.03 Å². The summed E-state index contributed by atoms with van der Waals surface area (Å²) < 4.78 is 24.6. The van der Waals surface area contributed by atoms with Crippen molar-refractivity contribution in [3.63, 3.8) is 0 Å². The maximum Gasteiger partial charge on any atom is 0.317 e. The lowest BCUT2D eigenvalue weighted by atomic mass is 10.1. The lowest BCUT2D eigenvalue weighted by Gasteiger charge is -2.32. The molecular formula is C20H30FN3O3. The van der Waals surface area contributed by atoms with Gasteiger partial charge < -0.3 is 24.6 Å². The van der Waals surface area contributed by atoms with Gasteiger partial charge in [0.15, 0.2) is 11.6 Å². The molecule has 1 aromatic carbocycles. The highest BCUT2D eigenvalue weighted by molar-refractivity contribution is 5.74. The van der Waals surface area contributed by atoms with Crippen LogP contribution >= 0.6 is 0 Å². The molecule has 7 heteroatoms. The minimum atomic E-state index is -0.339. The van der Waals surface area contributed by atoms with Crippen molar-refractivity contribution in [1.82, 2.24) is 15.1 Å². The van der Waals surface area contributed by atoms with Crippen LogP contribution in [0.3, 0.4) is 0 Å². The van der Waals surface area contributed by atoms with Crippen LogP contribution in [0.1, 0.15) is 19.3 Å². The summed E-state index contributed by atoms with van der Waals surface area (Å²) >= 11 is 0. The standard InChI is InChI=1S/C20H30FN3O3/c1-26-13-12-23-9-6-16(15-23)14-22-20(25)24-10-7-17(8-11-24)27-19-5-3-2-4-18(19)21/h2-5,16-17H,6-15H2,1H3,(H,22,25). The molecule has 2 saturated heterocycles. The number of nitrogens with one attached hydrogen (secondary N) is 1. The lowest BCUT2D eigenvalue weighted by molar-refractivity contribution is 0.107. The summed E-state index contributed by atoms with van der Waals surface area (Å²) in [5, 5.41) is 3.07. The summed E-state index contributed by atoms with van der Waals surface area (Å²) in [6, 6.07) is 6.45. The van der Waals surface area contributed by atoms with E-state index in [1.165, 1.54) is 6.07 Å². The zero-order chi connectivity index (χ0) is 19.1. The molecule has 0 spiro atoms. The number of nitrogens with zero attached hydrogens (tertiary/aromatic N) is 2. The van der Waals surface area contributed by atoms with E-state index in [0.717, 1.165) is 45.5 Å². The van der Waals surface area contributed by atoms with Gasteiger partial charge in [-0.15, -0.1) is 0 Å². The molecule has 6 nitrogen and oxygen atoms in total. The number of piperidine rings is 1. The largest absolute Gasteiger partial charge is 0.487 e. The quantitative estimate of drug-likeness (QED) is 0.790. The van der Waals surface area contributed by atoms with Crippen LogP contribution in [0.5, 0.6) is 5.75 Å². The van der Waals surface area contributed by atoms with E-state index in [0.29, 0.717) is 31.3 Å². The van der Waals surface area contributed by atoms with Crippen LogP contribution < -0.4 is 10.1 Å². The molecule has 1 N–H and O–H groups in total. The van der Waals surface area contributed by atoms with Crippen molar-refractivity contribution in [3.05, 3.63) is 30.1 Å². The van der Waals surface area contributed by atoms with Gasteiger partial charge in [0.2, 0.25) is 0 Å². The number of hydrogen-bond donors (Lipinski definition) is 1. The van der Waals surface area contributed by atoms with Crippen LogP contribution in [-0.4, -0.2) is 74.9 Å². The number of amides is 2. The molecule has 2 aliphatic heterocycles. The number of urea groups is 1. The average molecular weight is 379 g/mol. The van der Waals surface area contributed by atoms with Gasteiger partial charge in [-0.3, -0.25) is 0 Å². The maximum atomic E-state index is 13.7. The highest BCUT2D eigenvalue weighted by atomic mass is 19.1. The molecule has 0 aliphatic carbocycles. The first-order valence-electron chi connectivity index (χ1n) is 9.81. The van der Waals surface area contributed by atoms with Gasteiger partial charge in [0.1, 0.15) is 6.10 Å². The minimum absolute atomic E-state index is 0.00492. The molecular weight excluding hydrogens is 349 g/mol. The van der Waals surface area contributed by atoms with Crippen LogP contribution in [0.4, 0.5) is 9.18 Å². The molecule has 150 valence electrons. The van der Waals surface area contributed by atoms with Crippen molar-refractivity contribution in [3.8, 4) is 5.75 Å². The third-order valence-electron chi connectivity index (χ3n) is 5.38. The Hall–Kier alpha value is -1.86. The van der Waals surface area contributed by atoms with Crippen molar-refractivity contribution < 1.29 is 18.7 Å². The minimum Gasteiger partial charge on any atom is -0.487 e. The van der Waals surface area contributed by atoms with E-state index in [-0.39, 0.29) is 18.0 Å². The van der Waals surface area contributed by atoms with Gasteiger partial charge in [0.05, 0.1) is 6.61 Å². The molecule has 2 aliphatic rings. The van der Waals surface area contributed by atoms with Crippen molar-refractivity contribution in [2.45, 2.75) is 25.4 Å². The maximum absolute atomic E-state index is 13.7. The van der Waals surface area contributed by atoms with Crippen LogP contribution in [0.2, 0.25) is 0 Å². The summed E-state index contributed by atoms with van der Waals surface area (Å²) in [6.45, 7) is 5.78. The van der Waals surface area contributed by atoms with Crippen LogP contribution in [0, 0.1) is 11.7 Å². The van der Waals surface area contributed by atoms with E-state index in [2.05, 4.69) is 10.2 Å². The third-order valence-corrected chi connectivity index (χ3v) is 5.38. The fourth-order valence-electron chi connectivity index (χ4n) is 3.74. The molecule has 3 rings (SSSR count). The Morgan fingerprint density at radius 2 is 2.00 bits per heavy atom. The Balaban J connectivity index is 1.35. The van der Waals surface area contributed by atoms with Crippen molar-refractivity contribution >= 4 is 6.03 Å².